The molecule has 214 valence electrons. The Balaban J connectivity index is 1.28. The largest absolute Gasteiger partial charge is 0.458 e. The maximum absolute atomic E-state index is 12.3. The van der Waals surface area contributed by atoms with Gasteiger partial charge in [-0.2, -0.15) is 0 Å². The second-order valence-electron chi connectivity index (χ2n) is 10.5. The number of nitrogens with one attached hydrogen (secondary N) is 3. The molecule has 2 amide bonds. The van der Waals surface area contributed by atoms with Crippen molar-refractivity contribution < 1.29 is 23.9 Å². The number of carbonyl (C=O) groups excluding carboxylic acids is 3. The van der Waals surface area contributed by atoms with Gasteiger partial charge in [0.2, 0.25) is 0 Å². The zero-order valence-electron chi connectivity index (χ0n) is 23.3. The van der Waals surface area contributed by atoms with Crippen LogP contribution in [0.1, 0.15) is 63.1 Å². The smallest absolute Gasteiger partial charge is 0.413 e. The third-order valence-electron chi connectivity index (χ3n) is 6.14. The van der Waals surface area contributed by atoms with Crippen molar-refractivity contribution in [1.82, 2.24) is 16.0 Å². The topological polar surface area (TPSA) is 132 Å². The van der Waals surface area contributed by atoms with Crippen LogP contribution in [0.25, 0.3) is 11.1 Å². The zero-order valence-corrected chi connectivity index (χ0v) is 24.1. The molecule has 3 rings (SSSR count). The quantitative estimate of drug-likeness (QED) is 0.117. The third kappa shape index (κ3) is 9.68. The highest BCUT2D eigenvalue weighted by Gasteiger charge is 2.21. The summed E-state index contributed by atoms with van der Waals surface area (Å²) in [7, 11) is 0. The van der Waals surface area contributed by atoms with E-state index in [1.165, 1.54) is 11.1 Å². The summed E-state index contributed by atoms with van der Waals surface area (Å²) < 4.78 is 10.5. The van der Waals surface area contributed by atoms with Gasteiger partial charge >= 0.3 is 12.1 Å². The van der Waals surface area contributed by atoms with Crippen LogP contribution in [0.4, 0.5) is 4.79 Å². The summed E-state index contributed by atoms with van der Waals surface area (Å²) >= 11 is 5.07. The van der Waals surface area contributed by atoms with Gasteiger partial charge in [0, 0.05) is 13.1 Å². The van der Waals surface area contributed by atoms with Crippen molar-refractivity contribution in [1.29, 1.82) is 0 Å². The summed E-state index contributed by atoms with van der Waals surface area (Å²) in [6, 6.07) is 14.2. The van der Waals surface area contributed by atoms with E-state index in [2.05, 4.69) is 34.1 Å². The van der Waals surface area contributed by atoms with Crippen LogP contribution in [-0.2, 0) is 32.1 Å². The molecule has 0 aromatic heterocycles. The lowest BCUT2D eigenvalue weighted by atomic mass is 10.0. The molecule has 0 spiro atoms. The minimum Gasteiger partial charge on any atom is -0.458 e. The maximum Gasteiger partial charge on any atom is 0.413 e. The van der Waals surface area contributed by atoms with Crippen LogP contribution in [-0.4, -0.2) is 41.8 Å². The Morgan fingerprint density at radius 1 is 0.950 bits per heavy atom. The molecule has 9 nitrogen and oxygen atoms in total. The fraction of sp³-hybridized carbons (Fsp3) is 0.400. The molecule has 0 atom stereocenters. The van der Waals surface area contributed by atoms with E-state index in [0.29, 0.717) is 13.1 Å². The Morgan fingerprint density at radius 3 is 2.35 bits per heavy atom. The van der Waals surface area contributed by atoms with Gasteiger partial charge in [0.05, 0.1) is 6.08 Å². The lowest BCUT2D eigenvalue weighted by molar-refractivity contribution is -0.139. The van der Waals surface area contributed by atoms with E-state index in [0.717, 1.165) is 54.9 Å². The van der Waals surface area contributed by atoms with Crippen LogP contribution in [0.5, 0.6) is 0 Å². The Kier molecular flexibility index (Phi) is 11.1. The van der Waals surface area contributed by atoms with Crippen LogP contribution >= 0.6 is 12.2 Å². The number of amides is 2. The van der Waals surface area contributed by atoms with Crippen LogP contribution in [0.15, 0.2) is 54.2 Å². The van der Waals surface area contributed by atoms with Crippen molar-refractivity contribution in [3.8, 4) is 11.1 Å². The number of ether oxygens (including phenoxy) is 2. The molecule has 1 aliphatic rings. The summed E-state index contributed by atoms with van der Waals surface area (Å²) in [5.41, 5.74) is 10.7. The van der Waals surface area contributed by atoms with Gasteiger partial charge in [-0.25, -0.2) is 9.59 Å². The highest BCUT2D eigenvalue weighted by molar-refractivity contribution is 7.80. The normalized spacial score (nSPS) is 12.1. The molecule has 0 bridgehead atoms. The molecular weight excluding hydrogens is 528 g/mol. The first kappa shape index (κ1) is 30.6. The third-order valence-corrected chi connectivity index (χ3v) is 6.39. The number of hydrogen-bond acceptors (Lipinski definition) is 7. The number of rotatable bonds is 11. The monoisotopic (exact) mass is 566 g/mol. The minimum atomic E-state index is -0.660. The molecule has 0 aliphatic heterocycles. The molecule has 40 heavy (non-hydrogen) atoms. The number of benzene rings is 2. The number of nitrogens with two attached hydrogens (primary N) is 1. The molecule has 10 heteroatoms. The summed E-state index contributed by atoms with van der Waals surface area (Å²) in [4.78, 5) is 36.2. The molecule has 0 heterocycles. The van der Waals surface area contributed by atoms with E-state index in [1.807, 2.05) is 24.3 Å². The van der Waals surface area contributed by atoms with Gasteiger partial charge in [-0.05, 0) is 80.1 Å². The lowest BCUT2D eigenvalue weighted by Gasteiger charge is -2.20. The van der Waals surface area contributed by atoms with Gasteiger partial charge in [-0.3, -0.25) is 10.1 Å². The van der Waals surface area contributed by atoms with E-state index in [-0.39, 0.29) is 17.4 Å². The van der Waals surface area contributed by atoms with Gasteiger partial charge in [-0.1, -0.05) is 55.3 Å². The SMILES string of the molecule is CC(C)(C)OC(=O)NC(=S)NCCCCCCNC(=O)C(N)=CC(=O)OCc1cccc2c1Cc1ccccc1-2. The number of hydrogen-bond donors (Lipinski definition) is 4. The lowest BCUT2D eigenvalue weighted by Crippen LogP contribution is -2.42. The molecular formula is C30H38N4O5S. The Bertz CT molecular complexity index is 1270. The second kappa shape index (κ2) is 14.5. The Labute approximate surface area is 240 Å². The minimum absolute atomic E-state index is 0.109. The predicted octanol–water partition coefficient (Wildman–Crippen LogP) is 4.22. The van der Waals surface area contributed by atoms with Crippen molar-refractivity contribution in [3.05, 3.63) is 70.9 Å². The summed E-state index contributed by atoms with van der Waals surface area (Å²) in [5, 5.41) is 8.38. The van der Waals surface area contributed by atoms with E-state index in [9.17, 15) is 14.4 Å². The average molecular weight is 567 g/mol. The van der Waals surface area contributed by atoms with Crippen LogP contribution in [0.3, 0.4) is 0 Å². The standard InChI is InChI=1S/C30H38N4O5S/c1-30(2,3)39-29(37)34-28(40)33-16-9-5-4-8-15-32-27(36)25(31)18-26(35)38-19-21-12-10-14-23-22-13-7-6-11-20(22)17-24(21)23/h6-7,10-14,18H,4-5,8-9,15-17,19,31H2,1-3H3,(H,32,36)(H2,33,34,37,40). The number of carbonyl (C=O) groups is 3. The maximum atomic E-state index is 12.3. The summed E-state index contributed by atoms with van der Waals surface area (Å²) in [5.74, 6) is -1.17. The van der Waals surface area contributed by atoms with Crippen LogP contribution in [0, 0.1) is 0 Å². The molecule has 2 aromatic carbocycles. The van der Waals surface area contributed by atoms with Gasteiger partial charge in [0.15, 0.2) is 5.11 Å². The van der Waals surface area contributed by atoms with Crippen molar-refractivity contribution in [2.24, 2.45) is 5.73 Å². The first-order valence-corrected chi connectivity index (χ1v) is 13.8. The van der Waals surface area contributed by atoms with E-state index in [1.54, 1.807) is 20.8 Å². The number of esters is 1. The van der Waals surface area contributed by atoms with E-state index < -0.39 is 23.6 Å². The number of unbranched alkanes of at least 4 members (excludes halogenated alkanes) is 3. The van der Waals surface area contributed by atoms with Gasteiger partial charge in [0.1, 0.15) is 17.9 Å². The highest BCUT2D eigenvalue weighted by Crippen LogP contribution is 2.38. The second-order valence-corrected chi connectivity index (χ2v) is 10.9. The van der Waals surface area contributed by atoms with Crippen molar-refractivity contribution >= 4 is 35.3 Å². The van der Waals surface area contributed by atoms with Gasteiger partial charge in [0.25, 0.3) is 5.91 Å². The molecule has 0 fully saturated rings. The Morgan fingerprint density at radius 2 is 1.62 bits per heavy atom. The highest BCUT2D eigenvalue weighted by atomic mass is 32.1. The number of alkyl carbamates (subject to hydrolysis) is 1. The molecule has 0 unspecified atom stereocenters. The van der Waals surface area contributed by atoms with E-state index >= 15 is 0 Å². The first-order chi connectivity index (χ1) is 19.0. The number of thiocarbonyl (C=S) groups is 1. The fourth-order valence-corrected chi connectivity index (χ4v) is 4.48. The van der Waals surface area contributed by atoms with Gasteiger partial charge < -0.3 is 25.8 Å². The molecule has 0 saturated carbocycles. The zero-order chi connectivity index (χ0) is 29.1. The first-order valence-electron chi connectivity index (χ1n) is 13.4. The molecule has 2 aromatic rings. The van der Waals surface area contributed by atoms with Crippen molar-refractivity contribution in [3.63, 3.8) is 0 Å². The van der Waals surface area contributed by atoms with Crippen molar-refractivity contribution in [2.75, 3.05) is 13.1 Å². The molecule has 1 aliphatic carbocycles. The number of fused-ring (bicyclic) bond motifs is 3. The summed E-state index contributed by atoms with van der Waals surface area (Å²) in [6.45, 7) is 6.49. The van der Waals surface area contributed by atoms with Crippen LogP contribution < -0.4 is 21.7 Å². The van der Waals surface area contributed by atoms with E-state index in [4.69, 9.17) is 27.4 Å². The Hall–Kier alpha value is -3.92. The van der Waals surface area contributed by atoms with Crippen molar-refractivity contribution in [2.45, 2.75) is 65.1 Å². The van der Waals surface area contributed by atoms with Crippen LogP contribution in [0.2, 0.25) is 0 Å². The molecule has 0 saturated heterocycles. The summed E-state index contributed by atoms with van der Waals surface area (Å²) in [6.07, 6.45) is 4.62. The van der Waals surface area contributed by atoms with Gasteiger partial charge in [-0.15, -0.1) is 0 Å². The average Bonchev–Trinajstić information content (AvgIpc) is 3.27. The fourth-order valence-electron chi connectivity index (χ4n) is 4.29. The molecule has 0 radical (unpaired) electrons. The molecule has 5 N–H and O–H groups in total. The predicted molar refractivity (Wildman–Crippen MR) is 158 cm³/mol.